The van der Waals surface area contributed by atoms with E-state index >= 15 is 0 Å². The Balaban J connectivity index is 1.41. The third-order valence-corrected chi connectivity index (χ3v) is 4.31. The first-order valence-electron chi connectivity index (χ1n) is 8.03. The molecule has 3 N–H and O–H groups in total. The van der Waals surface area contributed by atoms with Gasteiger partial charge in [0.05, 0.1) is 12.2 Å². The van der Waals surface area contributed by atoms with Gasteiger partial charge in [-0.15, -0.1) is 0 Å². The van der Waals surface area contributed by atoms with Crippen LogP contribution in [-0.4, -0.2) is 57.3 Å². The molecule has 21 heavy (non-hydrogen) atoms. The minimum absolute atomic E-state index is 0.740. The number of fused-ring (bicyclic) bond motifs is 1. The maximum Gasteiger partial charge on any atom is 0.144 e. The van der Waals surface area contributed by atoms with Crippen LogP contribution in [0.25, 0.3) is 0 Å². The van der Waals surface area contributed by atoms with Crippen molar-refractivity contribution < 1.29 is 4.74 Å². The van der Waals surface area contributed by atoms with Crippen LogP contribution in [0.15, 0.2) is 18.2 Å². The maximum atomic E-state index is 5.81. The van der Waals surface area contributed by atoms with E-state index in [2.05, 4.69) is 21.2 Å². The Morgan fingerprint density at radius 1 is 1.10 bits per heavy atom. The zero-order valence-electron chi connectivity index (χ0n) is 12.7. The van der Waals surface area contributed by atoms with E-state index in [1.54, 1.807) is 0 Å². The van der Waals surface area contributed by atoms with Crippen molar-refractivity contribution in [3.63, 3.8) is 0 Å². The summed E-state index contributed by atoms with van der Waals surface area (Å²) in [6.07, 6.45) is 2.74. The monoisotopic (exact) mass is 290 g/mol. The highest BCUT2D eigenvalue weighted by atomic mass is 16.5. The van der Waals surface area contributed by atoms with Crippen molar-refractivity contribution in [3.8, 4) is 5.75 Å². The Morgan fingerprint density at radius 2 is 1.90 bits per heavy atom. The van der Waals surface area contributed by atoms with Crippen molar-refractivity contribution in [2.45, 2.75) is 12.8 Å². The van der Waals surface area contributed by atoms with Gasteiger partial charge in [0.25, 0.3) is 0 Å². The molecule has 0 unspecified atom stereocenters. The smallest absolute Gasteiger partial charge is 0.144 e. The molecule has 5 heteroatoms. The number of hydrogen-bond acceptors (Lipinski definition) is 5. The Morgan fingerprint density at radius 3 is 2.76 bits per heavy atom. The molecule has 116 valence electrons. The third-order valence-electron chi connectivity index (χ3n) is 4.31. The van der Waals surface area contributed by atoms with E-state index in [1.165, 1.54) is 32.5 Å². The molecule has 1 aromatic rings. The van der Waals surface area contributed by atoms with Crippen molar-refractivity contribution in [1.82, 2.24) is 10.2 Å². The highest BCUT2D eigenvalue weighted by Gasteiger charge is 2.17. The molecule has 0 amide bonds. The molecule has 0 aromatic heterocycles. The minimum atomic E-state index is 0.740. The molecule has 0 radical (unpaired) electrons. The lowest BCUT2D eigenvalue weighted by Gasteiger charge is -2.31. The van der Waals surface area contributed by atoms with E-state index in [4.69, 9.17) is 10.5 Å². The first kappa shape index (κ1) is 14.5. The van der Waals surface area contributed by atoms with Gasteiger partial charge in [0.15, 0.2) is 0 Å². The number of nitrogens with one attached hydrogen (secondary N) is 1. The summed E-state index contributed by atoms with van der Waals surface area (Å²) in [5.41, 5.74) is 7.74. The van der Waals surface area contributed by atoms with Crippen LogP contribution in [0.4, 0.5) is 11.4 Å². The summed E-state index contributed by atoms with van der Waals surface area (Å²) < 4.78 is 5.68. The number of nitrogens with two attached hydrogens (primary N) is 1. The van der Waals surface area contributed by atoms with Crippen LogP contribution in [0.5, 0.6) is 5.75 Å². The summed E-state index contributed by atoms with van der Waals surface area (Å²) in [5, 5.41) is 3.55. The van der Waals surface area contributed by atoms with Gasteiger partial charge in [-0.2, -0.15) is 0 Å². The summed E-state index contributed by atoms with van der Waals surface area (Å²) in [5.74, 6) is 0.915. The molecule has 5 nitrogen and oxygen atoms in total. The first-order chi connectivity index (χ1) is 10.3. The van der Waals surface area contributed by atoms with E-state index in [0.29, 0.717) is 0 Å². The molecule has 2 heterocycles. The molecule has 0 aliphatic carbocycles. The lowest BCUT2D eigenvalue weighted by atomic mass is 10.2. The normalized spacial score (nSPS) is 18.6. The SMILES string of the molecule is Nc1ccc2c(c1)OCCN2CCNCCN1CCCC1. The molecule has 0 bridgehead atoms. The second-order valence-corrected chi connectivity index (χ2v) is 5.86. The summed E-state index contributed by atoms with van der Waals surface area (Å²) in [6, 6.07) is 5.93. The van der Waals surface area contributed by atoms with E-state index < -0.39 is 0 Å². The standard InChI is InChI=1S/C16H26N4O/c17-14-3-4-15-16(13-14)21-12-11-20(15)10-6-18-5-9-19-7-1-2-8-19/h3-4,13,18H,1-2,5-12,17H2. The predicted molar refractivity (Wildman–Crippen MR) is 87.1 cm³/mol. The molecule has 3 rings (SSSR count). The predicted octanol–water partition coefficient (Wildman–Crippen LogP) is 1.15. The number of nitrogens with zero attached hydrogens (tertiary/aromatic N) is 2. The number of likely N-dealkylation sites (tertiary alicyclic amines) is 1. The fourth-order valence-electron chi connectivity index (χ4n) is 3.11. The van der Waals surface area contributed by atoms with E-state index in [9.17, 15) is 0 Å². The van der Waals surface area contributed by atoms with Gasteiger partial charge in [-0.05, 0) is 38.1 Å². The molecule has 0 spiro atoms. The average molecular weight is 290 g/mol. The van der Waals surface area contributed by atoms with Crippen LogP contribution in [0, 0.1) is 0 Å². The highest BCUT2D eigenvalue weighted by molar-refractivity contribution is 5.65. The zero-order valence-corrected chi connectivity index (χ0v) is 12.7. The van der Waals surface area contributed by atoms with Gasteiger partial charge in [0.2, 0.25) is 0 Å². The Hall–Kier alpha value is -1.46. The van der Waals surface area contributed by atoms with Crippen molar-refractivity contribution in [2.24, 2.45) is 0 Å². The van der Waals surface area contributed by atoms with Gasteiger partial charge in [-0.1, -0.05) is 0 Å². The van der Waals surface area contributed by atoms with Crippen molar-refractivity contribution in [3.05, 3.63) is 18.2 Å². The maximum absolute atomic E-state index is 5.81. The second-order valence-electron chi connectivity index (χ2n) is 5.86. The summed E-state index contributed by atoms with van der Waals surface area (Å²) in [4.78, 5) is 4.92. The van der Waals surface area contributed by atoms with Crippen molar-refractivity contribution >= 4 is 11.4 Å². The number of ether oxygens (including phenoxy) is 1. The fourth-order valence-corrected chi connectivity index (χ4v) is 3.11. The largest absolute Gasteiger partial charge is 0.489 e. The summed E-state index contributed by atoms with van der Waals surface area (Å²) in [7, 11) is 0. The molecule has 0 atom stereocenters. The van der Waals surface area contributed by atoms with Gasteiger partial charge in [0.1, 0.15) is 12.4 Å². The van der Waals surface area contributed by atoms with E-state index in [0.717, 1.165) is 49.9 Å². The molecule has 2 aliphatic heterocycles. The quantitative estimate of drug-likeness (QED) is 0.608. The number of anilines is 2. The average Bonchev–Trinajstić information content (AvgIpc) is 3.00. The lowest BCUT2D eigenvalue weighted by molar-refractivity contribution is 0.306. The minimum Gasteiger partial charge on any atom is -0.489 e. The molecular formula is C16H26N4O. The number of rotatable bonds is 6. The Kier molecular flexibility index (Phi) is 4.83. The number of hydrogen-bond donors (Lipinski definition) is 2. The van der Waals surface area contributed by atoms with Crippen LogP contribution < -0.4 is 20.7 Å². The fraction of sp³-hybridized carbons (Fsp3) is 0.625. The van der Waals surface area contributed by atoms with Crippen LogP contribution in [0.3, 0.4) is 0 Å². The van der Waals surface area contributed by atoms with Crippen molar-refractivity contribution in [2.75, 3.05) is 63.1 Å². The van der Waals surface area contributed by atoms with Gasteiger partial charge in [-0.25, -0.2) is 0 Å². The molecule has 0 saturated carbocycles. The topological polar surface area (TPSA) is 53.8 Å². The Labute approximate surface area is 127 Å². The summed E-state index contributed by atoms with van der Waals surface area (Å²) >= 11 is 0. The van der Waals surface area contributed by atoms with E-state index in [-0.39, 0.29) is 0 Å². The number of nitrogen functional groups attached to an aromatic ring is 1. The van der Waals surface area contributed by atoms with E-state index in [1.807, 2.05) is 12.1 Å². The van der Waals surface area contributed by atoms with Crippen LogP contribution in [-0.2, 0) is 0 Å². The molecule has 1 fully saturated rings. The van der Waals surface area contributed by atoms with Crippen LogP contribution in [0.2, 0.25) is 0 Å². The highest BCUT2D eigenvalue weighted by Crippen LogP contribution is 2.32. The lowest BCUT2D eigenvalue weighted by Crippen LogP contribution is -2.39. The molecule has 2 aliphatic rings. The van der Waals surface area contributed by atoms with Gasteiger partial charge < -0.3 is 25.6 Å². The Bertz CT molecular complexity index is 460. The van der Waals surface area contributed by atoms with Gasteiger partial charge in [-0.3, -0.25) is 0 Å². The molecular weight excluding hydrogens is 264 g/mol. The van der Waals surface area contributed by atoms with Gasteiger partial charge >= 0.3 is 0 Å². The zero-order chi connectivity index (χ0) is 14.5. The first-order valence-corrected chi connectivity index (χ1v) is 8.03. The molecule has 1 aromatic carbocycles. The molecule has 1 saturated heterocycles. The summed E-state index contributed by atoms with van der Waals surface area (Å²) in [6.45, 7) is 8.53. The van der Waals surface area contributed by atoms with Gasteiger partial charge in [0, 0.05) is 37.9 Å². The van der Waals surface area contributed by atoms with Crippen LogP contribution in [0.1, 0.15) is 12.8 Å². The third kappa shape index (κ3) is 3.80. The second kappa shape index (κ2) is 7.00. The van der Waals surface area contributed by atoms with Crippen LogP contribution >= 0.6 is 0 Å². The number of benzene rings is 1. The van der Waals surface area contributed by atoms with Crippen molar-refractivity contribution in [1.29, 1.82) is 0 Å².